The van der Waals surface area contributed by atoms with Crippen molar-refractivity contribution in [2.75, 3.05) is 19.8 Å². The molecular weight excluding hydrogens is 245 g/mol. The van der Waals surface area contributed by atoms with Gasteiger partial charge >= 0.3 is 7.60 Å². The lowest BCUT2D eigenvalue weighted by Crippen LogP contribution is -2.96. The summed E-state index contributed by atoms with van der Waals surface area (Å²) in [5.41, 5.74) is -1.42. The second-order valence-corrected chi connectivity index (χ2v) is 6.70. The number of aliphatic carboxylic acids is 1. The van der Waals surface area contributed by atoms with Gasteiger partial charge in [0.15, 0.2) is 0 Å². The van der Waals surface area contributed by atoms with Crippen molar-refractivity contribution in [2.45, 2.75) is 38.4 Å². The minimum absolute atomic E-state index is 0.243. The van der Waals surface area contributed by atoms with Gasteiger partial charge in [0.05, 0.1) is 19.8 Å². The lowest BCUT2D eigenvalue weighted by molar-refractivity contribution is -0.697. The highest BCUT2D eigenvalue weighted by Crippen LogP contribution is 2.55. The molecule has 1 heterocycles. The molecule has 1 aliphatic heterocycles. The molecule has 0 aliphatic carbocycles. The van der Waals surface area contributed by atoms with Gasteiger partial charge in [-0.05, 0) is 20.8 Å². The Kier molecular flexibility index (Phi) is 4.72. The average Bonchev–Trinajstić information content (AvgIpc) is 2.64. The number of carboxylic acids is 1. The van der Waals surface area contributed by atoms with Crippen LogP contribution in [0.5, 0.6) is 0 Å². The second-order valence-electron chi connectivity index (χ2n) is 4.38. The van der Waals surface area contributed by atoms with Gasteiger partial charge in [-0.15, -0.1) is 0 Å². The van der Waals surface area contributed by atoms with Crippen LogP contribution in [-0.2, 0) is 18.4 Å². The summed E-state index contributed by atoms with van der Waals surface area (Å²) >= 11 is 0. The van der Waals surface area contributed by atoms with E-state index in [2.05, 4.69) is 0 Å². The Labute approximate surface area is 101 Å². The first-order chi connectivity index (χ1) is 7.88. The molecule has 1 rings (SSSR count). The summed E-state index contributed by atoms with van der Waals surface area (Å²) in [6.45, 7) is 6.04. The largest absolute Gasteiger partial charge is 0.544 e. The van der Waals surface area contributed by atoms with Crippen molar-refractivity contribution in [1.82, 2.24) is 0 Å². The third-order valence-corrected chi connectivity index (χ3v) is 5.56. The molecule has 7 heteroatoms. The van der Waals surface area contributed by atoms with Crippen LogP contribution in [0.4, 0.5) is 0 Å². The smallest absolute Gasteiger partial charge is 0.339 e. The van der Waals surface area contributed by atoms with Crippen LogP contribution in [0.25, 0.3) is 0 Å². The number of carbonyl (C=O) groups excluding carboxylic acids is 1. The summed E-state index contributed by atoms with van der Waals surface area (Å²) in [6, 6.07) is 0. The van der Waals surface area contributed by atoms with Gasteiger partial charge in [0.2, 0.25) is 0 Å². The van der Waals surface area contributed by atoms with Crippen LogP contribution in [0.15, 0.2) is 0 Å². The molecule has 0 amide bonds. The fourth-order valence-corrected chi connectivity index (χ4v) is 4.25. The van der Waals surface area contributed by atoms with Crippen LogP contribution in [0, 0.1) is 0 Å². The summed E-state index contributed by atoms with van der Waals surface area (Å²) in [4.78, 5) is 11.0. The highest BCUT2D eigenvalue weighted by atomic mass is 31.2. The van der Waals surface area contributed by atoms with E-state index in [0.29, 0.717) is 6.54 Å². The Morgan fingerprint density at radius 3 is 2.35 bits per heavy atom. The summed E-state index contributed by atoms with van der Waals surface area (Å²) in [6.07, 6.45) is 0.243. The van der Waals surface area contributed by atoms with Crippen molar-refractivity contribution in [1.29, 1.82) is 0 Å². The van der Waals surface area contributed by atoms with Gasteiger partial charge in [-0.2, -0.15) is 0 Å². The lowest BCUT2D eigenvalue weighted by Gasteiger charge is -2.23. The first-order valence-electron chi connectivity index (χ1n) is 5.82. The van der Waals surface area contributed by atoms with Crippen LogP contribution >= 0.6 is 7.60 Å². The number of carbonyl (C=O) groups is 1. The zero-order valence-electron chi connectivity index (χ0n) is 10.5. The SMILES string of the molecule is CCOP(=O)(OCC)[C@H]1C[NH2+][C@](C)(C(=O)[O-])C1. The summed E-state index contributed by atoms with van der Waals surface area (Å²) in [7, 11) is -3.21. The van der Waals surface area contributed by atoms with E-state index in [1.807, 2.05) is 0 Å². The van der Waals surface area contributed by atoms with Crippen LogP contribution in [0.1, 0.15) is 27.2 Å². The van der Waals surface area contributed by atoms with Crippen LogP contribution in [-0.4, -0.2) is 36.9 Å². The van der Waals surface area contributed by atoms with Crippen molar-refractivity contribution in [3.05, 3.63) is 0 Å². The minimum Gasteiger partial charge on any atom is -0.544 e. The summed E-state index contributed by atoms with van der Waals surface area (Å²) in [5, 5.41) is 12.6. The average molecular weight is 265 g/mol. The van der Waals surface area contributed by atoms with Crippen LogP contribution in [0.2, 0.25) is 0 Å². The summed E-state index contributed by atoms with van der Waals surface area (Å²) < 4.78 is 22.9. The standard InChI is InChI=1S/C10H20NO5P/c1-4-15-17(14,16-5-2)8-6-10(3,9(12)13)11-7-8/h8,11H,4-7H2,1-3H3,(H,12,13)/t8-,10+/m1/s1. The highest BCUT2D eigenvalue weighted by molar-refractivity contribution is 7.54. The Morgan fingerprint density at radius 1 is 1.47 bits per heavy atom. The van der Waals surface area contributed by atoms with E-state index in [9.17, 15) is 14.5 Å². The Morgan fingerprint density at radius 2 is 2.00 bits per heavy atom. The van der Waals surface area contributed by atoms with Crippen LogP contribution in [0.3, 0.4) is 0 Å². The van der Waals surface area contributed by atoms with Crippen molar-refractivity contribution in [3.63, 3.8) is 0 Å². The van der Waals surface area contributed by atoms with E-state index >= 15 is 0 Å². The van der Waals surface area contributed by atoms with Gasteiger partial charge in [-0.1, -0.05) is 0 Å². The van der Waals surface area contributed by atoms with E-state index in [1.54, 1.807) is 26.1 Å². The molecular formula is C10H20NO5P. The maximum Gasteiger partial charge on any atom is 0.339 e. The first kappa shape index (κ1) is 14.6. The molecule has 100 valence electrons. The Hall–Kier alpha value is -0.420. The molecule has 0 aromatic carbocycles. The van der Waals surface area contributed by atoms with Crippen LogP contribution < -0.4 is 10.4 Å². The molecule has 2 atom stereocenters. The number of hydrogen-bond donors (Lipinski definition) is 1. The van der Waals surface area contributed by atoms with Gasteiger partial charge < -0.3 is 24.3 Å². The van der Waals surface area contributed by atoms with E-state index in [1.165, 1.54) is 0 Å². The predicted octanol–water partition coefficient (Wildman–Crippen LogP) is -0.903. The highest BCUT2D eigenvalue weighted by Gasteiger charge is 2.49. The molecule has 2 N–H and O–H groups in total. The number of nitrogens with two attached hydrogens (primary N) is 1. The molecule has 1 saturated heterocycles. The molecule has 6 nitrogen and oxygen atoms in total. The zero-order valence-corrected chi connectivity index (χ0v) is 11.4. The van der Waals surface area contributed by atoms with Gasteiger partial charge in [0, 0.05) is 6.42 Å². The number of carboxylic acid groups (broad SMARTS) is 1. The number of rotatable bonds is 6. The van der Waals surface area contributed by atoms with E-state index < -0.39 is 19.1 Å². The molecule has 0 bridgehead atoms. The predicted molar refractivity (Wildman–Crippen MR) is 59.5 cm³/mol. The van der Waals surface area contributed by atoms with Gasteiger partial charge in [0.25, 0.3) is 0 Å². The Balaban J connectivity index is 2.80. The molecule has 0 spiro atoms. The van der Waals surface area contributed by atoms with Crippen molar-refractivity contribution in [3.8, 4) is 0 Å². The lowest BCUT2D eigenvalue weighted by atomic mass is 10.0. The summed E-state index contributed by atoms with van der Waals surface area (Å²) in [5.74, 6) is -1.14. The molecule has 1 aliphatic rings. The molecule has 0 unspecified atom stereocenters. The fourth-order valence-electron chi connectivity index (χ4n) is 2.07. The van der Waals surface area contributed by atoms with E-state index in [4.69, 9.17) is 9.05 Å². The normalized spacial score (nSPS) is 29.5. The second kappa shape index (κ2) is 5.48. The van der Waals surface area contributed by atoms with Gasteiger partial charge in [-0.3, -0.25) is 4.57 Å². The van der Waals surface area contributed by atoms with E-state index in [0.717, 1.165) is 0 Å². The third-order valence-electron chi connectivity index (χ3n) is 3.03. The maximum absolute atomic E-state index is 12.4. The molecule has 17 heavy (non-hydrogen) atoms. The van der Waals surface area contributed by atoms with Crippen molar-refractivity contribution >= 4 is 13.6 Å². The molecule has 1 fully saturated rings. The number of quaternary nitrogens is 1. The van der Waals surface area contributed by atoms with Crippen molar-refractivity contribution in [2.24, 2.45) is 0 Å². The quantitative estimate of drug-likeness (QED) is 0.628. The Bertz CT molecular complexity index is 325. The minimum atomic E-state index is -3.21. The van der Waals surface area contributed by atoms with Crippen molar-refractivity contribution < 1.29 is 28.8 Å². The van der Waals surface area contributed by atoms with Gasteiger partial charge in [-0.25, -0.2) is 0 Å². The molecule has 0 aromatic heterocycles. The maximum atomic E-state index is 12.4. The van der Waals surface area contributed by atoms with Gasteiger partial charge in [0.1, 0.15) is 17.2 Å². The fraction of sp³-hybridized carbons (Fsp3) is 0.900. The molecule has 0 radical (unpaired) electrons. The number of hydrogen-bond acceptors (Lipinski definition) is 5. The molecule has 0 saturated carbocycles. The molecule has 0 aromatic rings. The monoisotopic (exact) mass is 265 g/mol. The topological polar surface area (TPSA) is 92.3 Å². The zero-order chi connectivity index (χ0) is 13.1. The third kappa shape index (κ3) is 3.07. The first-order valence-corrected chi connectivity index (χ1v) is 7.43. The van der Waals surface area contributed by atoms with E-state index in [-0.39, 0.29) is 25.3 Å².